The van der Waals surface area contributed by atoms with E-state index in [0.717, 1.165) is 31.2 Å². The molecule has 0 spiro atoms. The number of nitrogens with one attached hydrogen (secondary N) is 2. The van der Waals surface area contributed by atoms with Crippen molar-refractivity contribution in [3.8, 4) is 0 Å². The molecular weight excluding hydrogens is 376 g/mol. The van der Waals surface area contributed by atoms with Crippen molar-refractivity contribution >= 4 is 15.9 Å². The predicted octanol–water partition coefficient (Wildman–Crippen LogP) is 3.02. The van der Waals surface area contributed by atoms with E-state index in [4.69, 9.17) is 4.84 Å². The minimum absolute atomic E-state index is 0.0854. The summed E-state index contributed by atoms with van der Waals surface area (Å²) in [6.07, 6.45) is 3.10. The van der Waals surface area contributed by atoms with Crippen LogP contribution in [0.15, 0.2) is 65.6 Å². The van der Waals surface area contributed by atoms with Crippen LogP contribution in [-0.4, -0.2) is 20.9 Å². The van der Waals surface area contributed by atoms with Gasteiger partial charge in [-0.2, -0.15) is 0 Å². The summed E-state index contributed by atoms with van der Waals surface area (Å²) >= 11 is 0. The van der Waals surface area contributed by atoms with Crippen LogP contribution in [0.4, 0.5) is 0 Å². The highest BCUT2D eigenvalue weighted by molar-refractivity contribution is 7.89. The van der Waals surface area contributed by atoms with Crippen molar-refractivity contribution in [3.05, 3.63) is 66.2 Å². The monoisotopic (exact) mass is 402 g/mol. The number of carbonyl (C=O) groups is 1. The Kier molecular flexibility index (Phi) is 7.19. The number of benzene rings is 2. The van der Waals surface area contributed by atoms with Gasteiger partial charge in [-0.1, -0.05) is 48.5 Å². The first-order chi connectivity index (χ1) is 13.5. The summed E-state index contributed by atoms with van der Waals surface area (Å²) in [4.78, 5) is 17.8. The lowest BCUT2D eigenvalue weighted by Gasteiger charge is -2.27. The van der Waals surface area contributed by atoms with Crippen LogP contribution in [0.1, 0.15) is 31.2 Å². The Hall–Kier alpha value is -2.22. The molecule has 0 saturated heterocycles. The number of rotatable bonds is 8. The van der Waals surface area contributed by atoms with Gasteiger partial charge in [0, 0.05) is 12.5 Å². The Morgan fingerprint density at radius 2 is 1.54 bits per heavy atom. The highest BCUT2D eigenvalue weighted by atomic mass is 32.2. The van der Waals surface area contributed by atoms with Gasteiger partial charge in [0.05, 0.1) is 11.5 Å². The van der Waals surface area contributed by atoms with Gasteiger partial charge >= 0.3 is 0 Å². The number of hydrogen-bond acceptors (Lipinski definition) is 4. The number of hydroxylamine groups is 1. The van der Waals surface area contributed by atoms with Gasteiger partial charge < -0.3 is 0 Å². The molecule has 0 radical (unpaired) electrons. The molecule has 0 heterocycles. The van der Waals surface area contributed by atoms with Gasteiger partial charge in [-0.3, -0.25) is 9.63 Å². The zero-order valence-corrected chi connectivity index (χ0v) is 16.5. The van der Waals surface area contributed by atoms with Crippen molar-refractivity contribution < 1.29 is 18.0 Å². The zero-order chi connectivity index (χ0) is 19.8. The molecule has 7 heteroatoms. The van der Waals surface area contributed by atoms with Crippen LogP contribution in [0.5, 0.6) is 0 Å². The fourth-order valence-corrected chi connectivity index (χ4v) is 4.52. The van der Waals surface area contributed by atoms with Crippen molar-refractivity contribution in [2.45, 2.75) is 37.2 Å². The Morgan fingerprint density at radius 3 is 2.18 bits per heavy atom. The van der Waals surface area contributed by atoms with Gasteiger partial charge in [0.25, 0.3) is 0 Å². The third kappa shape index (κ3) is 5.89. The van der Waals surface area contributed by atoms with Crippen LogP contribution < -0.4 is 10.2 Å². The molecule has 1 aliphatic rings. The number of sulfonamides is 1. The Balaban J connectivity index is 1.37. The first kappa shape index (κ1) is 20.5. The molecule has 28 heavy (non-hydrogen) atoms. The second-order valence-electron chi connectivity index (χ2n) is 7.12. The third-order valence-electron chi connectivity index (χ3n) is 5.09. The number of amides is 1. The lowest BCUT2D eigenvalue weighted by Crippen LogP contribution is -2.36. The number of hydrogen-bond donors (Lipinski definition) is 2. The summed E-state index contributed by atoms with van der Waals surface area (Å²) in [7, 11) is -3.48. The highest BCUT2D eigenvalue weighted by Crippen LogP contribution is 2.28. The van der Waals surface area contributed by atoms with Crippen molar-refractivity contribution in [3.63, 3.8) is 0 Å². The van der Waals surface area contributed by atoms with E-state index >= 15 is 0 Å². The lowest BCUT2D eigenvalue weighted by molar-refractivity contribution is -0.140. The van der Waals surface area contributed by atoms with Crippen molar-refractivity contribution in [1.29, 1.82) is 0 Å². The van der Waals surface area contributed by atoms with Crippen LogP contribution in [0, 0.1) is 11.8 Å². The van der Waals surface area contributed by atoms with Gasteiger partial charge in [0.15, 0.2) is 0 Å². The Labute approximate surface area is 166 Å². The van der Waals surface area contributed by atoms with Crippen LogP contribution in [0.25, 0.3) is 0 Å². The molecule has 150 valence electrons. The highest BCUT2D eigenvalue weighted by Gasteiger charge is 2.27. The molecule has 0 atom stereocenters. The standard InChI is InChI=1S/C21H26N2O4S/c24-21(23-27-16-18-7-3-1-4-8-18)19-13-11-17(12-14-19)15-22-28(25,26)20-9-5-2-6-10-20/h1-10,17,19,22H,11-16H2,(H,23,24). The molecule has 6 nitrogen and oxygen atoms in total. The maximum absolute atomic E-state index is 12.3. The maximum Gasteiger partial charge on any atom is 0.246 e. The summed E-state index contributed by atoms with van der Waals surface area (Å²) in [5.74, 6) is 0.0600. The molecular formula is C21H26N2O4S. The number of carbonyl (C=O) groups excluding carboxylic acids is 1. The summed E-state index contributed by atoms with van der Waals surface area (Å²) in [6, 6.07) is 18.0. The van der Waals surface area contributed by atoms with Crippen LogP contribution >= 0.6 is 0 Å². The Bertz CT molecular complexity index is 848. The summed E-state index contributed by atoms with van der Waals surface area (Å²) in [6.45, 7) is 0.735. The summed E-state index contributed by atoms with van der Waals surface area (Å²) in [5.41, 5.74) is 3.54. The summed E-state index contributed by atoms with van der Waals surface area (Å²) < 4.78 is 27.3. The van der Waals surface area contributed by atoms with E-state index in [1.165, 1.54) is 0 Å². The van der Waals surface area contributed by atoms with E-state index in [0.29, 0.717) is 13.2 Å². The molecule has 0 unspecified atom stereocenters. The average Bonchev–Trinajstić information content (AvgIpc) is 2.74. The molecule has 2 N–H and O–H groups in total. The van der Waals surface area contributed by atoms with Gasteiger partial charge in [0.2, 0.25) is 15.9 Å². The van der Waals surface area contributed by atoms with E-state index in [1.54, 1.807) is 30.3 Å². The topological polar surface area (TPSA) is 84.5 Å². The summed E-state index contributed by atoms with van der Waals surface area (Å²) in [5, 5.41) is 0. The molecule has 1 fully saturated rings. The van der Waals surface area contributed by atoms with E-state index in [-0.39, 0.29) is 22.6 Å². The SMILES string of the molecule is O=C(NOCc1ccccc1)C1CCC(CNS(=O)(=O)c2ccccc2)CC1. The fourth-order valence-electron chi connectivity index (χ4n) is 3.39. The third-order valence-corrected chi connectivity index (χ3v) is 6.53. The first-order valence-corrected chi connectivity index (χ1v) is 11.0. The predicted molar refractivity (Wildman–Crippen MR) is 106 cm³/mol. The van der Waals surface area contributed by atoms with Gasteiger partial charge in [-0.05, 0) is 49.3 Å². The lowest BCUT2D eigenvalue weighted by atomic mass is 9.82. The maximum atomic E-state index is 12.3. The quantitative estimate of drug-likeness (QED) is 0.665. The fraction of sp³-hybridized carbons (Fsp3) is 0.381. The van der Waals surface area contributed by atoms with Crippen molar-refractivity contribution in [2.24, 2.45) is 11.8 Å². The van der Waals surface area contributed by atoms with E-state index in [9.17, 15) is 13.2 Å². The van der Waals surface area contributed by atoms with Gasteiger partial charge in [-0.25, -0.2) is 18.6 Å². The molecule has 1 amide bonds. The normalized spacial score (nSPS) is 19.9. The van der Waals surface area contributed by atoms with Crippen molar-refractivity contribution in [1.82, 2.24) is 10.2 Å². The van der Waals surface area contributed by atoms with E-state index in [1.807, 2.05) is 30.3 Å². The molecule has 2 aromatic carbocycles. The second kappa shape index (κ2) is 9.82. The van der Waals surface area contributed by atoms with Crippen molar-refractivity contribution in [2.75, 3.05) is 6.54 Å². The minimum Gasteiger partial charge on any atom is -0.273 e. The van der Waals surface area contributed by atoms with E-state index < -0.39 is 10.0 Å². The average molecular weight is 403 g/mol. The van der Waals surface area contributed by atoms with Gasteiger partial charge in [0.1, 0.15) is 0 Å². The van der Waals surface area contributed by atoms with Crippen LogP contribution in [0.3, 0.4) is 0 Å². The Morgan fingerprint density at radius 1 is 0.929 bits per heavy atom. The molecule has 2 aromatic rings. The molecule has 0 bridgehead atoms. The first-order valence-electron chi connectivity index (χ1n) is 9.55. The molecule has 0 aromatic heterocycles. The van der Waals surface area contributed by atoms with Crippen LogP contribution in [-0.2, 0) is 26.3 Å². The largest absolute Gasteiger partial charge is 0.273 e. The molecule has 1 saturated carbocycles. The smallest absolute Gasteiger partial charge is 0.246 e. The molecule has 1 aliphatic carbocycles. The molecule has 3 rings (SSSR count). The minimum atomic E-state index is -3.48. The molecule has 0 aliphatic heterocycles. The van der Waals surface area contributed by atoms with Gasteiger partial charge in [-0.15, -0.1) is 0 Å². The van der Waals surface area contributed by atoms with Crippen LogP contribution in [0.2, 0.25) is 0 Å². The zero-order valence-electron chi connectivity index (χ0n) is 15.7. The van der Waals surface area contributed by atoms with E-state index in [2.05, 4.69) is 10.2 Å². The second-order valence-corrected chi connectivity index (χ2v) is 8.89.